The molecule has 0 aliphatic rings. The highest BCUT2D eigenvalue weighted by atomic mass is 32.2. The van der Waals surface area contributed by atoms with Gasteiger partial charge in [-0.15, -0.1) is 0 Å². The molecular formula is C10H16N4O4S3. The first kappa shape index (κ1) is 19.4. The fourth-order valence-corrected chi connectivity index (χ4v) is 1.82. The first-order valence-corrected chi connectivity index (χ1v) is 8.00. The summed E-state index contributed by atoms with van der Waals surface area (Å²) in [6.07, 6.45) is 3.23. The molecule has 11 heteroatoms. The third-order valence-electron chi connectivity index (χ3n) is 2.01. The van der Waals surface area contributed by atoms with Crippen molar-refractivity contribution in [1.29, 1.82) is 0 Å². The monoisotopic (exact) mass is 352 g/mol. The van der Waals surface area contributed by atoms with Crippen LogP contribution in [0.5, 0.6) is 0 Å². The SMILES string of the molecule is NC(O)=S.NS(=O)(=O)CCN(Cc1cccnc1)C(O)=S. The van der Waals surface area contributed by atoms with Crippen LogP contribution >= 0.6 is 24.4 Å². The van der Waals surface area contributed by atoms with Crippen molar-refractivity contribution in [3.05, 3.63) is 30.1 Å². The van der Waals surface area contributed by atoms with E-state index in [1.54, 1.807) is 24.5 Å². The second kappa shape index (κ2) is 9.39. The topological polar surface area (TPSA) is 143 Å². The van der Waals surface area contributed by atoms with Crippen LogP contribution in [-0.2, 0) is 16.6 Å². The first-order valence-electron chi connectivity index (χ1n) is 5.47. The summed E-state index contributed by atoms with van der Waals surface area (Å²) < 4.78 is 21.6. The minimum absolute atomic E-state index is 0.0447. The van der Waals surface area contributed by atoms with Crippen molar-refractivity contribution in [2.24, 2.45) is 10.9 Å². The number of aliphatic hydroxyl groups excluding tert-OH is 2. The molecule has 118 valence electrons. The van der Waals surface area contributed by atoms with Gasteiger partial charge in [-0.2, -0.15) is 0 Å². The Balaban J connectivity index is 0.000000885. The van der Waals surface area contributed by atoms with E-state index in [-0.39, 0.29) is 17.5 Å². The van der Waals surface area contributed by atoms with Gasteiger partial charge in [0.05, 0.1) is 5.75 Å². The number of sulfonamides is 1. The molecule has 1 rings (SSSR count). The zero-order chi connectivity index (χ0) is 16.5. The Labute approximate surface area is 133 Å². The van der Waals surface area contributed by atoms with E-state index in [0.29, 0.717) is 6.54 Å². The highest BCUT2D eigenvalue weighted by Gasteiger charge is 2.12. The minimum atomic E-state index is -3.57. The second-order valence-electron chi connectivity index (χ2n) is 3.77. The lowest BCUT2D eigenvalue weighted by Crippen LogP contribution is -2.35. The van der Waals surface area contributed by atoms with Crippen molar-refractivity contribution in [2.75, 3.05) is 12.3 Å². The molecule has 0 fully saturated rings. The molecule has 0 spiro atoms. The predicted molar refractivity (Wildman–Crippen MR) is 87.3 cm³/mol. The van der Waals surface area contributed by atoms with Gasteiger partial charge in [-0.3, -0.25) is 4.98 Å². The molecule has 1 heterocycles. The summed E-state index contributed by atoms with van der Waals surface area (Å²) in [7, 11) is -3.57. The van der Waals surface area contributed by atoms with Crippen molar-refractivity contribution < 1.29 is 18.6 Å². The fourth-order valence-electron chi connectivity index (χ4n) is 1.19. The Kier molecular flexibility index (Phi) is 8.69. The van der Waals surface area contributed by atoms with Crippen molar-refractivity contribution >= 4 is 44.8 Å². The van der Waals surface area contributed by atoms with Gasteiger partial charge in [-0.25, -0.2) is 13.6 Å². The third kappa shape index (κ3) is 11.9. The maximum atomic E-state index is 10.8. The molecule has 0 radical (unpaired) electrons. The third-order valence-corrected chi connectivity index (χ3v) is 3.02. The molecule has 8 nitrogen and oxygen atoms in total. The van der Waals surface area contributed by atoms with Crippen molar-refractivity contribution in [2.45, 2.75) is 6.54 Å². The highest BCUT2D eigenvalue weighted by molar-refractivity contribution is 7.89. The Hall–Kier alpha value is -1.56. The molecule has 0 saturated carbocycles. The van der Waals surface area contributed by atoms with Crippen molar-refractivity contribution in [3.8, 4) is 0 Å². The van der Waals surface area contributed by atoms with Gasteiger partial charge in [0.2, 0.25) is 10.0 Å². The molecule has 0 atom stereocenters. The van der Waals surface area contributed by atoms with Crippen LogP contribution < -0.4 is 10.9 Å². The summed E-state index contributed by atoms with van der Waals surface area (Å²) in [6.45, 7) is 0.335. The van der Waals surface area contributed by atoms with Crippen LogP contribution in [0.2, 0.25) is 0 Å². The number of nitrogens with zero attached hydrogens (tertiary/aromatic N) is 2. The zero-order valence-corrected chi connectivity index (χ0v) is 13.4. The standard InChI is InChI=1S/C9H13N3O3S2.CH3NOS/c10-17(14,15)5-4-12(9(13)16)7-8-2-1-3-11-6-8;2-1(3)4/h1-3,6H,4-5,7H2,(H,13,16)(H2,10,14,15);(H3,2,3,4). The van der Waals surface area contributed by atoms with Crippen LogP contribution in [-0.4, -0.2) is 51.2 Å². The summed E-state index contributed by atoms with van der Waals surface area (Å²) >= 11 is 8.50. The number of aromatic nitrogens is 1. The summed E-state index contributed by atoms with van der Waals surface area (Å²) in [5.41, 5.74) is 5.22. The van der Waals surface area contributed by atoms with Crippen LogP contribution in [0.25, 0.3) is 0 Å². The van der Waals surface area contributed by atoms with Gasteiger partial charge in [0, 0.05) is 25.5 Å². The summed E-state index contributed by atoms with van der Waals surface area (Å²) in [4.78, 5) is 5.26. The van der Waals surface area contributed by atoms with Gasteiger partial charge < -0.3 is 20.8 Å². The minimum Gasteiger partial charge on any atom is -0.487 e. The van der Waals surface area contributed by atoms with E-state index >= 15 is 0 Å². The summed E-state index contributed by atoms with van der Waals surface area (Å²) in [5, 5.41) is 20.9. The average molecular weight is 352 g/mol. The van der Waals surface area contributed by atoms with Gasteiger partial charge in [0.1, 0.15) is 0 Å². The normalized spacial score (nSPS) is 10.1. The number of hydrogen-bond donors (Lipinski definition) is 4. The molecule has 6 N–H and O–H groups in total. The van der Waals surface area contributed by atoms with Crippen LogP contribution in [0, 0.1) is 0 Å². The summed E-state index contributed by atoms with van der Waals surface area (Å²) in [5.74, 6) is -0.270. The lowest BCUT2D eigenvalue weighted by molar-refractivity contribution is 0.352. The molecule has 1 aromatic heterocycles. The van der Waals surface area contributed by atoms with Gasteiger partial charge in [0.25, 0.3) is 10.3 Å². The molecule has 0 aromatic carbocycles. The van der Waals surface area contributed by atoms with E-state index in [9.17, 15) is 13.5 Å². The highest BCUT2D eigenvalue weighted by Crippen LogP contribution is 2.03. The van der Waals surface area contributed by atoms with Crippen LogP contribution in [0.1, 0.15) is 5.56 Å². The Morgan fingerprint density at radius 3 is 2.33 bits per heavy atom. The number of aliphatic hydroxyl groups is 2. The lowest BCUT2D eigenvalue weighted by Gasteiger charge is -2.20. The number of thiocarbonyl (C=S) groups is 2. The Morgan fingerprint density at radius 1 is 1.38 bits per heavy atom. The van der Waals surface area contributed by atoms with E-state index in [0.717, 1.165) is 5.56 Å². The number of nitrogens with two attached hydrogens (primary N) is 2. The maximum absolute atomic E-state index is 10.8. The van der Waals surface area contributed by atoms with Gasteiger partial charge >= 0.3 is 0 Å². The Bertz CT molecular complexity index is 561. The van der Waals surface area contributed by atoms with E-state index in [4.69, 9.17) is 10.2 Å². The van der Waals surface area contributed by atoms with E-state index < -0.39 is 15.2 Å². The first-order chi connectivity index (χ1) is 9.61. The number of pyridine rings is 1. The molecule has 0 unspecified atom stereocenters. The average Bonchev–Trinajstić information content (AvgIpc) is 2.33. The fraction of sp³-hybridized carbons (Fsp3) is 0.300. The smallest absolute Gasteiger partial charge is 0.257 e. The molecular weight excluding hydrogens is 336 g/mol. The number of primary sulfonamides is 1. The van der Waals surface area contributed by atoms with E-state index in [1.165, 1.54) is 4.90 Å². The predicted octanol–water partition coefficient (Wildman–Crippen LogP) is -0.197. The van der Waals surface area contributed by atoms with Gasteiger partial charge in [0.15, 0.2) is 0 Å². The van der Waals surface area contributed by atoms with E-state index in [2.05, 4.69) is 35.2 Å². The van der Waals surface area contributed by atoms with Crippen molar-refractivity contribution in [3.63, 3.8) is 0 Å². The van der Waals surface area contributed by atoms with Gasteiger partial charge in [-0.1, -0.05) is 6.07 Å². The molecule has 0 amide bonds. The molecule has 0 aliphatic heterocycles. The lowest BCUT2D eigenvalue weighted by atomic mass is 10.3. The molecule has 1 aromatic rings. The van der Waals surface area contributed by atoms with Crippen LogP contribution in [0.3, 0.4) is 0 Å². The molecule has 0 saturated heterocycles. The summed E-state index contributed by atoms with van der Waals surface area (Å²) in [6, 6.07) is 3.54. The molecule has 0 bridgehead atoms. The quantitative estimate of drug-likeness (QED) is 0.530. The molecule has 21 heavy (non-hydrogen) atoms. The van der Waals surface area contributed by atoms with Crippen LogP contribution in [0.4, 0.5) is 0 Å². The van der Waals surface area contributed by atoms with E-state index in [1.807, 2.05) is 0 Å². The number of rotatable bonds is 5. The number of hydrogen-bond acceptors (Lipinski definition) is 5. The Morgan fingerprint density at radius 2 is 1.95 bits per heavy atom. The largest absolute Gasteiger partial charge is 0.487 e. The maximum Gasteiger partial charge on any atom is 0.257 e. The second-order valence-corrected chi connectivity index (χ2v) is 6.29. The molecule has 0 aliphatic carbocycles. The van der Waals surface area contributed by atoms with Crippen molar-refractivity contribution in [1.82, 2.24) is 9.88 Å². The van der Waals surface area contributed by atoms with Crippen LogP contribution in [0.15, 0.2) is 24.5 Å². The zero-order valence-electron chi connectivity index (χ0n) is 10.9. The van der Waals surface area contributed by atoms with Gasteiger partial charge in [-0.05, 0) is 36.1 Å².